The fourth-order valence-electron chi connectivity index (χ4n) is 1.38. The van der Waals surface area contributed by atoms with Crippen LogP contribution in [0.5, 0.6) is 0 Å². The SMILES string of the molecule is NN1C(=O)CN(NC(=O)c2ccccc2)C1=O. The molecule has 0 aromatic heterocycles. The van der Waals surface area contributed by atoms with Crippen molar-refractivity contribution in [3.8, 4) is 0 Å². The van der Waals surface area contributed by atoms with E-state index in [9.17, 15) is 14.4 Å². The fraction of sp³-hybridized carbons (Fsp3) is 0.100. The normalized spacial score (nSPS) is 15.4. The number of nitrogens with two attached hydrogens (primary N) is 1. The Labute approximate surface area is 96.7 Å². The summed E-state index contributed by atoms with van der Waals surface area (Å²) in [7, 11) is 0. The first kappa shape index (κ1) is 11.1. The second kappa shape index (κ2) is 4.22. The van der Waals surface area contributed by atoms with Gasteiger partial charge in [-0.05, 0) is 12.1 Å². The van der Waals surface area contributed by atoms with Gasteiger partial charge in [0, 0.05) is 5.56 Å². The largest absolute Gasteiger partial charge is 0.360 e. The topological polar surface area (TPSA) is 95.7 Å². The van der Waals surface area contributed by atoms with Gasteiger partial charge < -0.3 is 0 Å². The second-order valence-corrected chi connectivity index (χ2v) is 3.44. The van der Waals surface area contributed by atoms with E-state index < -0.39 is 17.8 Å². The molecule has 7 heteroatoms. The lowest BCUT2D eigenvalue weighted by Crippen LogP contribution is -2.46. The van der Waals surface area contributed by atoms with E-state index in [4.69, 9.17) is 5.84 Å². The molecule has 7 nitrogen and oxygen atoms in total. The number of hydrazine groups is 2. The van der Waals surface area contributed by atoms with Gasteiger partial charge in [-0.25, -0.2) is 15.6 Å². The molecule has 1 aliphatic heterocycles. The van der Waals surface area contributed by atoms with Gasteiger partial charge in [0.2, 0.25) is 0 Å². The van der Waals surface area contributed by atoms with Gasteiger partial charge >= 0.3 is 6.03 Å². The van der Waals surface area contributed by atoms with E-state index in [0.717, 1.165) is 5.01 Å². The number of amides is 4. The van der Waals surface area contributed by atoms with Crippen LogP contribution in [0.25, 0.3) is 0 Å². The Bertz CT molecular complexity index is 474. The Balaban J connectivity index is 2.06. The Kier molecular flexibility index (Phi) is 2.75. The van der Waals surface area contributed by atoms with Crippen LogP contribution in [0.2, 0.25) is 0 Å². The van der Waals surface area contributed by atoms with Crippen LogP contribution in [-0.2, 0) is 4.79 Å². The molecule has 1 heterocycles. The first-order valence-electron chi connectivity index (χ1n) is 4.85. The first-order chi connectivity index (χ1) is 8.09. The molecule has 0 aliphatic carbocycles. The highest BCUT2D eigenvalue weighted by Gasteiger charge is 2.35. The zero-order chi connectivity index (χ0) is 12.4. The molecule has 0 spiro atoms. The van der Waals surface area contributed by atoms with Crippen molar-refractivity contribution in [2.75, 3.05) is 6.54 Å². The number of carbonyl (C=O) groups is 3. The summed E-state index contributed by atoms with van der Waals surface area (Å²) in [5, 5.41) is 1.34. The highest BCUT2D eigenvalue weighted by molar-refractivity contribution is 6.03. The maximum absolute atomic E-state index is 11.7. The van der Waals surface area contributed by atoms with Crippen LogP contribution in [0.1, 0.15) is 10.4 Å². The summed E-state index contributed by atoms with van der Waals surface area (Å²) in [4.78, 5) is 34.2. The molecule has 3 N–H and O–H groups in total. The molecule has 0 radical (unpaired) electrons. The lowest BCUT2D eigenvalue weighted by atomic mass is 10.2. The van der Waals surface area contributed by atoms with Crippen molar-refractivity contribution in [3.05, 3.63) is 35.9 Å². The number of rotatable bonds is 2. The van der Waals surface area contributed by atoms with Crippen molar-refractivity contribution in [3.63, 3.8) is 0 Å². The zero-order valence-corrected chi connectivity index (χ0v) is 8.79. The third-order valence-electron chi connectivity index (χ3n) is 2.27. The number of hydrogen-bond donors (Lipinski definition) is 2. The van der Waals surface area contributed by atoms with Crippen molar-refractivity contribution in [2.24, 2.45) is 5.84 Å². The van der Waals surface area contributed by atoms with E-state index in [1.54, 1.807) is 30.3 Å². The molecule has 0 saturated carbocycles. The van der Waals surface area contributed by atoms with E-state index >= 15 is 0 Å². The predicted octanol–water partition coefficient (Wildman–Crippen LogP) is -0.531. The van der Waals surface area contributed by atoms with Crippen LogP contribution in [0.15, 0.2) is 30.3 Å². The standard InChI is InChI=1S/C10H10N4O3/c11-14-8(15)6-13(10(14)17)12-9(16)7-4-2-1-3-5-7/h1-5H,6,11H2,(H,12,16). The molecular weight excluding hydrogens is 224 g/mol. The highest BCUT2D eigenvalue weighted by Crippen LogP contribution is 2.04. The minimum absolute atomic E-state index is 0.256. The number of carbonyl (C=O) groups excluding carboxylic acids is 3. The average molecular weight is 234 g/mol. The van der Waals surface area contributed by atoms with Crippen molar-refractivity contribution in [1.29, 1.82) is 0 Å². The number of hydrogen-bond acceptors (Lipinski definition) is 4. The molecular formula is C10H10N4O3. The quantitative estimate of drug-likeness (QED) is 0.408. The molecule has 0 unspecified atom stereocenters. The van der Waals surface area contributed by atoms with Crippen LogP contribution in [-0.4, -0.2) is 34.4 Å². The molecule has 1 aliphatic rings. The van der Waals surface area contributed by atoms with Gasteiger partial charge in [0.25, 0.3) is 11.8 Å². The van der Waals surface area contributed by atoms with E-state index in [-0.39, 0.29) is 6.54 Å². The van der Waals surface area contributed by atoms with Gasteiger partial charge in [-0.1, -0.05) is 18.2 Å². The van der Waals surface area contributed by atoms with E-state index in [0.29, 0.717) is 10.6 Å². The summed E-state index contributed by atoms with van der Waals surface area (Å²) in [6.45, 7) is -0.256. The molecule has 88 valence electrons. The minimum Gasteiger partial charge on any atom is -0.271 e. The molecule has 1 fully saturated rings. The van der Waals surface area contributed by atoms with Crippen LogP contribution < -0.4 is 11.3 Å². The van der Waals surface area contributed by atoms with Gasteiger partial charge in [-0.2, -0.15) is 5.01 Å². The Morgan fingerprint density at radius 3 is 2.41 bits per heavy atom. The molecule has 4 amide bonds. The summed E-state index contributed by atoms with van der Waals surface area (Å²) in [6, 6.07) is 7.60. The summed E-state index contributed by atoms with van der Waals surface area (Å²) in [6.07, 6.45) is 0. The van der Waals surface area contributed by atoms with Crippen molar-refractivity contribution >= 4 is 17.8 Å². The second-order valence-electron chi connectivity index (χ2n) is 3.44. The smallest absolute Gasteiger partial charge is 0.271 e. The maximum atomic E-state index is 11.7. The number of nitrogens with one attached hydrogen (secondary N) is 1. The van der Waals surface area contributed by atoms with Crippen LogP contribution in [0.3, 0.4) is 0 Å². The van der Waals surface area contributed by atoms with Gasteiger partial charge in [-0.15, -0.1) is 0 Å². The number of nitrogens with zero attached hydrogens (tertiary/aromatic N) is 2. The summed E-state index contributed by atoms with van der Waals surface area (Å²) in [5.41, 5.74) is 2.70. The lowest BCUT2D eigenvalue weighted by Gasteiger charge is -2.15. The number of imide groups is 1. The minimum atomic E-state index is -0.751. The molecule has 0 atom stereocenters. The monoisotopic (exact) mass is 234 g/mol. The summed E-state index contributed by atoms with van der Waals surface area (Å²) < 4.78 is 0. The van der Waals surface area contributed by atoms with Crippen molar-refractivity contribution < 1.29 is 14.4 Å². The Morgan fingerprint density at radius 2 is 1.88 bits per heavy atom. The Hall–Kier alpha value is -2.41. The van der Waals surface area contributed by atoms with Gasteiger partial charge in [0.05, 0.1) is 0 Å². The van der Waals surface area contributed by atoms with E-state index in [2.05, 4.69) is 5.43 Å². The average Bonchev–Trinajstić information content (AvgIpc) is 2.58. The van der Waals surface area contributed by atoms with Crippen molar-refractivity contribution in [1.82, 2.24) is 15.4 Å². The van der Waals surface area contributed by atoms with Gasteiger partial charge in [-0.3, -0.25) is 15.0 Å². The van der Waals surface area contributed by atoms with Crippen LogP contribution in [0.4, 0.5) is 4.79 Å². The number of urea groups is 1. The van der Waals surface area contributed by atoms with Crippen molar-refractivity contribution in [2.45, 2.75) is 0 Å². The van der Waals surface area contributed by atoms with Gasteiger partial charge in [0.15, 0.2) is 0 Å². The molecule has 17 heavy (non-hydrogen) atoms. The molecule has 2 rings (SSSR count). The summed E-state index contributed by atoms with van der Waals surface area (Å²) >= 11 is 0. The third kappa shape index (κ3) is 2.08. The predicted molar refractivity (Wildman–Crippen MR) is 57.0 cm³/mol. The fourth-order valence-corrected chi connectivity index (χ4v) is 1.38. The highest BCUT2D eigenvalue weighted by atomic mass is 16.2. The maximum Gasteiger partial charge on any atom is 0.360 e. The van der Waals surface area contributed by atoms with E-state index in [1.807, 2.05) is 0 Å². The van der Waals surface area contributed by atoms with Crippen LogP contribution >= 0.6 is 0 Å². The first-order valence-corrected chi connectivity index (χ1v) is 4.85. The van der Waals surface area contributed by atoms with Crippen LogP contribution in [0, 0.1) is 0 Å². The van der Waals surface area contributed by atoms with E-state index in [1.165, 1.54) is 0 Å². The lowest BCUT2D eigenvalue weighted by molar-refractivity contribution is -0.125. The number of benzene rings is 1. The van der Waals surface area contributed by atoms with Gasteiger partial charge in [0.1, 0.15) is 6.54 Å². The Morgan fingerprint density at radius 1 is 1.24 bits per heavy atom. The molecule has 1 saturated heterocycles. The molecule has 0 bridgehead atoms. The zero-order valence-electron chi connectivity index (χ0n) is 8.79. The molecule has 1 aromatic rings. The molecule has 1 aromatic carbocycles. The third-order valence-corrected chi connectivity index (χ3v) is 2.27. The summed E-state index contributed by atoms with van der Waals surface area (Å²) in [5.74, 6) is 4.13.